The van der Waals surface area contributed by atoms with Crippen molar-refractivity contribution in [2.24, 2.45) is 7.05 Å². The molecule has 0 aliphatic heterocycles. The first-order valence-electron chi connectivity index (χ1n) is 8.14. The van der Waals surface area contributed by atoms with Gasteiger partial charge in [0, 0.05) is 18.0 Å². The summed E-state index contributed by atoms with van der Waals surface area (Å²) in [6.45, 7) is 2.10. The van der Waals surface area contributed by atoms with Crippen molar-refractivity contribution in [2.45, 2.75) is 13.5 Å². The van der Waals surface area contributed by atoms with Gasteiger partial charge in [-0.2, -0.15) is 5.10 Å². The SMILES string of the molecule is CCOC(=O)c1oc2ccccc2c1Cn1cnc2c(cnn2C)c1=O. The standard InChI is InChI=1S/C18H16N4O4/c1-3-25-18(24)15-13(11-6-4-5-7-14(11)26-15)9-22-10-19-16-12(17(22)23)8-20-21(16)2/h4-8,10H,3,9H2,1-2H3. The maximum absolute atomic E-state index is 12.7. The second kappa shape index (κ2) is 6.14. The molecule has 1 aromatic carbocycles. The number of hydrogen-bond acceptors (Lipinski definition) is 6. The van der Waals surface area contributed by atoms with E-state index in [0.717, 1.165) is 5.39 Å². The van der Waals surface area contributed by atoms with Crippen LogP contribution in [0.25, 0.3) is 22.0 Å². The van der Waals surface area contributed by atoms with Crippen molar-refractivity contribution in [1.29, 1.82) is 0 Å². The van der Waals surface area contributed by atoms with Gasteiger partial charge in [-0.25, -0.2) is 9.78 Å². The Morgan fingerprint density at radius 1 is 1.27 bits per heavy atom. The fourth-order valence-corrected chi connectivity index (χ4v) is 2.97. The molecule has 26 heavy (non-hydrogen) atoms. The molecule has 3 heterocycles. The second-order valence-electron chi connectivity index (χ2n) is 5.81. The summed E-state index contributed by atoms with van der Waals surface area (Å²) in [7, 11) is 1.72. The Balaban J connectivity index is 1.87. The van der Waals surface area contributed by atoms with E-state index >= 15 is 0 Å². The van der Waals surface area contributed by atoms with Crippen LogP contribution < -0.4 is 5.56 Å². The van der Waals surface area contributed by atoms with Gasteiger partial charge in [0.1, 0.15) is 17.3 Å². The molecular weight excluding hydrogens is 336 g/mol. The van der Waals surface area contributed by atoms with E-state index in [1.54, 1.807) is 24.7 Å². The van der Waals surface area contributed by atoms with E-state index in [9.17, 15) is 9.59 Å². The van der Waals surface area contributed by atoms with E-state index in [4.69, 9.17) is 9.15 Å². The summed E-state index contributed by atoms with van der Waals surface area (Å²) in [6.07, 6.45) is 2.93. The summed E-state index contributed by atoms with van der Waals surface area (Å²) in [5, 5.41) is 5.24. The number of para-hydroxylation sites is 1. The summed E-state index contributed by atoms with van der Waals surface area (Å²) >= 11 is 0. The molecule has 0 saturated heterocycles. The summed E-state index contributed by atoms with van der Waals surface area (Å²) in [4.78, 5) is 29.3. The Morgan fingerprint density at radius 3 is 2.88 bits per heavy atom. The number of benzene rings is 1. The number of carbonyl (C=O) groups excluding carboxylic acids is 1. The third-order valence-electron chi connectivity index (χ3n) is 4.21. The maximum atomic E-state index is 12.7. The van der Waals surface area contributed by atoms with E-state index < -0.39 is 5.97 Å². The first-order chi connectivity index (χ1) is 12.6. The highest BCUT2D eigenvalue weighted by Crippen LogP contribution is 2.27. The Labute approximate surface area is 147 Å². The van der Waals surface area contributed by atoms with Crippen LogP contribution in [-0.4, -0.2) is 31.9 Å². The minimum absolute atomic E-state index is 0.103. The van der Waals surface area contributed by atoms with Crippen LogP contribution in [0.1, 0.15) is 23.0 Å². The number of rotatable bonds is 4. The average Bonchev–Trinajstić information content (AvgIpc) is 3.19. The summed E-state index contributed by atoms with van der Waals surface area (Å²) in [5.74, 6) is -0.451. The summed E-state index contributed by atoms with van der Waals surface area (Å²) in [6, 6.07) is 7.28. The third kappa shape index (κ3) is 2.46. The summed E-state index contributed by atoms with van der Waals surface area (Å²) < 4.78 is 13.8. The van der Waals surface area contributed by atoms with Gasteiger partial charge >= 0.3 is 5.97 Å². The fraction of sp³-hybridized carbons (Fsp3) is 0.222. The molecule has 3 aromatic heterocycles. The number of fused-ring (bicyclic) bond motifs is 2. The lowest BCUT2D eigenvalue weighted by molar-refractivity contribution is 0.0490. The number of carbonyl (C=O) groups is 1. The molecule has 0 atom stereocenters. The van der Waals surface area contributed by atoms with Crippen molar-refractivity contribution in [3.8, 4) is 0 Å². The fourth-order valence-electron chi connectivity index (χ4n) is 2.97. The molecular formula is C18H16N4O4. The summed E-state index contributed by atoms with van der Waals surface area (Å²) in [5.41, 5.74) is 1.43. The van der Waals surface area contributed by atoms with Crippen molar-refractivity contribution in [1.82, 2.24) is 19.3 Å². The number of nitrogens with zero attached hydrogens (tertiary/aromatic N) is 4. The lowest BCUT2D eigenvalue weighted by atomic mass is 10.1. The van der Waals surface area contributed by atoms with Crippen molar-refractivity contribution < 1.29 is 13.9 Å². The van der Waals surface area contributed by atoms with Gasteiger partial charge in [-0.05, 0) is 13.0 Å². The van der Waals surface area contributed by atoms with Gasteiger partial charge in [0.05, 0.1) is 19.3 Å². The zero-order valence-electron chi connectivity index (χ0n) is 14.3. The van der Waals surface area contributed by atoms with Gasteiger partial charge in [-0.1, -0.05) is 18.2 Å². The van der Waals surface area contributed by atoms with E-state index in [1.165, 1.54) is 17.1 Å². The number of ether oxygens (including phenoxy) is 1. The normalized spacial score (nSPS) is 11.3. The van der Waals surface area contributed by atoms with Crippen molar-refractivity contribution in [2.75, 3.05) is 6.61 Å². The molecule has 8 nitrogen and oxygen atoms in total. The van der Waals surface area contributed by atoms with E-state index in [1.807, 2.05) is 18.2 Å². The number of aromatic nitrogens is 4. The lowest BCUT2D eigenvalue weighted by Gasteiger charge is -2.06. The molecule has 0 radical (unpaired) electrons. The van der Waals surface area contributed by atoms with Crippen molar-refractivity contribution in [3.05, 3.63) is 58.5 Å². The highest BCUT2D eigenvalue weighted by Gasteiger charge is 2.22. The van der Waals surface area contributed by atoms with Gasteiger partial charge in [0.15, 0.2) is 5.65 Å². The van der Waals surface area contributed by atoms with Crippen LogP contribution in [0, 0.1) is 0 Å². The largest absolute Gasteiger partial charge is 0.460 e. The minimum Gasteiger partial charge on any atom is -0.460 e. The number of esters is 1. The molecule has 0 amide bonds. The lowest BCUT2D eigenvalue weighted by Crippen LogP contribution is -2.22. The predicted molar refractivity (Wildman–Crippen MR) is 94.0 cm³/mol. The second-order valence-corrected chi connectivity index (χ2v) is 5.81. The molecule has 4 rings (SSSR count). The third-order valence-corrected chi connectivity index (χ3v) is 4.21. The Bertz CT molecular complexity index is 1190. The molecule has 132 valence electrons. The minimum atomic E-state index is -0.554. The van der Waals surface area contributed by atoms with Gasteiger partial charge < -0.3 is 9.15 Å². The van der Waals surface area contributed by atoms with Crippen molar-refractivity contribution >= 4 is 28.0 Å². The molecule has 0 N–H and O–H groups in total. The van der Waals surface area contributed by atoms with Crippen LogP contribution >= 0.6 is 0 Å². The van der Waals surface area contributed by atoms with E-state index in [2.05, 4.69) is 10.1 Å². The van der Waals surface area contributed by atoms with Crippen molar-refractivity contribution in [3.63, 3.8) is 0 Å². The van der Waals surface area contributed by atoms with Crippen LogP contribution in [-0.2, 0) is 18.3 Å². The van der Waals surface area contributed by atoms with Gasteiger partial charge in [-0.15, -0.1) is 0 Å². The smallest absolute Gasteiger partial charge is 0.374 e. The Hall–Kier alpha value is -3.42. The number of hydrogen-bond donors (Lipinski definition) is 0. The molecule has 0 fully saturated rings. The van der Waals surface area contributed by atoms with E-state index in [-0.39, 0.29) is 24.5 Å². The first kappa shape index (κ1) is 16.1. The highest BCUT2D eigenvalue weighted by molar-refractivity contribution is 5.96. The number of furan rings is 1. The highest BCUT2D eigenvalue weighted by atomic mass is 16.5. The molecule has 0 aliphatic carbocycles. The van der Waals surface area contributed by atoms with Crippen LogP contribution in [0.5, 0.6) is 0 Å². The predicted octanol–water partition coefficient (Wildman–Crippen LogP) is 2.10. The average molecular weight is 352 g/mol. The first-order valence-corrected chi connectivity index (χ1v) is 8.14. The maximum Gasteiger partial charge on any atom is 0.374 e. The molecule has 0 unspecified atom stereocenters. The molecule has 0 spiro atoms. The topological polar surface area (TPSA) is 92.2 Å². The number of aryl methyl sites for hydroxylation is 1. The van der Waals surface area contributed by atoms with Crippen LogP contribution in [0.3, 0.4) is 0 Å². The monoisotopic (exact) mass is 352 g/mol. The Morgan fingerprint density at radius 2 is 2.08 bits per heavy atom. The zero-order valence-corrected chi connectivity index (χ0v) is 14.3. The van der Waals surface area contributed by atoms with Gasteiger partial charge in [-0.3, -0.25) is 14.0 Å². The van der Waals surface area contributed by atoms with E-state index in [0.29, 0.717) is 22.2 Å². The Kier molecular flexibility index (Phi) is 3.80. The van der Waals surface area contributed by atoms with Gasteiger partial charge in [0.25, 0.3) is 5.56 Å². The van der Waals surface area contributed by atoms with Crippen LogP contribution in [0.15, 0.2) is 46.0 Å². The molecule has 0 saturated carbocycles. The molecule has 4 aromatic rings. The quantitative estimate of drug-likeness (QED) is 0.522. The zero-order chi connectivity index (χ0) is 18.3. The molecule has 0 aliphatic rings. The van der Waals surface area contributed by atoms with Crippen LogP contribution in [0.4, 0.5) is 0 Å². The van der Waals surface area contributed by atoms with Crippen LogP contribution in [0.2, 0.25) is 0 Å². The molecule has 0 bridgehead atoms. The molecule has 8 heteroatoms. The van der Waals surface area contributed by atoms with Gasteiger partial charge in [0.2, 0.25) is 5.76 Å².